The third kappa shape index (κ3) is 6.95. The molecule has 0 aliphatic heterocycles. The number of benzene rings is 2. The van der Waals surface area contributed by atoms with E-state index in [4.69, 9.17) is 9.47 Å². The minimum absolute atomic E-state index is 0.00966. The smallest absolute Gasteiger partial charge is 0.325 e. The summed E-state index contributed by atoms with van der Waals surface area (Å²) in [6.45, 7) is 5.48. The second kappa shape index (κ2) is 9.73. The summed E-state index contributed by atoms with van der Waals surface area (Å²) in [4.78, 5) is 35.8. The molecular formula is C22H26N2O5. The van der Waals surface area contributed by atoms with E-state index in [1.165, 1.54) is 7.11 Å². The number of hydrogen-bond acceptors (Lipinski definition) is 5. The number of anilines is 1. The molecule has 0 atom stereocenters. The van der Waals surface area contributed by atoms with Crippen molar-refractivity contribution in [3.8, 4) is 5.75 Å². The predicted molar refractivity (Wildman–Crippen MR) is 110 cm³/mol. The van der Waals surface area contributed by atoms with Crippen molar-refractivity contribution in [2.24, 2.45) is 0 Å². The number of esters is 1. The fourth-order valence-corrected chi connectivity index (χ4v) is 2.47. The molecule has 0 saturated carbocycles. The Labute approximate surface area is 170 Å². The zero-order valence-electron chi connectivity index (χ0n) is 17.1. The lowest BCUT2D eigenvalue weighted by molar-refractivity contribution is -0.146. The van der Waals surface area contributed by atoms with E-state index in [1.54, 1.807) is 36.4 Å². The molecule has 0 radical (unpaired) electrons. The van der Waals surface area contributed by atoms with Crippen molar-refractivity contribution >= 4 is 23.5 Å². The molecule has 0 spiro atoms. The molecule has 2 amide bonds. The Morgan fingerprint density at radius 2 is 1.69 bits per heavy atom. The van der Waals surface area contributed by atoms with Crippen molar-refractivity contribution in [2.45, 2.75) is 26.2 Å². The molecule has 0 heterocycles. The van der Waals surface area contributed by atoms with Gasteiger partial charge >= 0.3 is 5.97 Å². The molecule has 0 bridgehead atoms. The number of methoxy groups -OCH3 is 1. The van der Waals surface area contributed by atoms with Gasteiger partial charge in [-0.25, -0.2) is 0 Å². The fraction of sp³-hybridized carbons (Fsp3) is 0.318. The summed E-state index contributed by atoms with van der Waals surface area (Å²) < 4.78 is 9.96. The van der Waals surface area contributed by atoms with E-state index in [0.29, 0.717) is 17.0 Å². The number of rotatable bonds is 7. The van der Waals surface area contributed by atoms with Crippen LogP contribution in [0.3, 0.4) is 0 Å². The van der Waals surface area contributed by atoms with E-state index in [9.17, 15) is 14.4 Å². The molecule has 0 fully saturated rings. The van der Waals surface area contributed by atoms with Gasteiger partial charge in [-0.1, -0.05) is 39.0 Å². The zero-order chi connectivity index (χ0) is 21.4. The molecule has 2 aromatic rings. The average molecular weight is 398 g/mol. The third-order valence-electron chi connectivity index (χ3n) is 4.12. The van der Waals surface area contributed by atoms with Crippen LogP contribution in [0, 0.1) is 0 Å². The minimum atomic E-state index is -0.703. The van der Waals surface area contributed by atoms with Crippen LogP contribution in [0.15, 0.2) is 48.5 Å². The number of carbonyl (C=O) groups excluding carboxylic acids is 3. The molecule has 0 aliphatic carbocycles. The average Bonchev–Trinajstić information content (AvgIpc) is 2.70. The van der Waals surface area contributed by atoms with E-state index in [2.05, 4.69) is 31.4 Å². The number of carbonyl (C=O) groups is 3. The first-order valence-electron chi connectivity index (χ1n) is 9.17. The lowest BCUT2D eigenvalue weighted by Crippen LogP contribution is -2.32. The highest BCUT2D eigenvalue weighted by atomic mass is 16.5. The molecular weight excluding hydrogens is 372 g/mol. The van der Waals surface area contributed by atoms with Crippen molar-refractivity contribution in [1.29, 1.82) is 0 Å². The van der Waals surface area contributed by atoms with Gasteiger partial charge in [0.05, 0.1) is 7.11 Å². The predicted octanol–water partition coefficient (Wildman–Crippen LogP) is 2.90. The van der Waals surface area contributed by atoms with Gasteiger partial charge in [0.2, 0.25) is 0 Å². The van der Waals surface area contributed by atoms with Crippen LogP contribution in [-0.4, -0.2) is 38.0 Å². The first-order chi connectivity index (χ1) is 13.7. The standard InChI is InChI=1S/C22H26N2O5/c1-22(2,3)16-10-8-15(9-11-16)21(27)23-13-20(26)29-14-19(25)24-17-6-5-7-18(12-17)28-4/h5-12H,13-14H2,1-4H3,(H,23,27)(H,24,25). The van der Waals surface area contributed by atoms with Crippen LogP contribution in [0.2, 0.25) is 0 Å². The molecule has 0 unspecified atom stereocenters. The van der Waals surface area contributed by atoms with Gasteiger partial charge in [-0.3, -0.25) is 14.4 Å². The van der Waals surface area contributed by atoms with Crippen molar-refractivity contribution < 1.29 is 23.9 Å². The first-order valence-corrected chi connectivity index (χ1v) is 9.17. The molecule has 2 aromatic carbocycles. The maximum absolute atomic E-state index is 12.1. The Morgan fingerprint density at radius 3 is 2.31 bits per heavy atom. The van der Waals surface area contributed by atoms with Gasteiger partial charge in [0.1, 0.15) is 12.3 Å². The Morgan fingerprint density at radius 1 is 1.00 bits per heavy atom. The summed E-state index contributed by atoms with van der Waals surface area (Å²) in [7, 11) is 1.52. The summed E-state index contributed by atoms with van der Waals surface area (Å²) in [6.07, 6.45) is 0. The SMILES string of the molecule is COc1cccc(NC(=O)COC(=O)CNC(=O)c2ccc(C(C)(C)C)cc2)c1. The molecule has 0 aliphatic rings. The molecule has 154 valence electrons. The van der Waals surface area contributed by atoms with E-state index in [1.807, 2.05) is 12.1 Å². The molecule has 29 heavy (non-hydrogen) atoms. The van der Waals surface area contributed by atoms with Gasteiger partial charge < -0.3 is 20.1 Å². The van der Waals surface area contributed by atoms with Gasteiger partial charge in [0.25, 0.3) is 11.8 Å². The van der Waals surface area contributed by atoms with Crippen LogP contribution in [-0.2, 0) is 19.7 Å². The highest BCUT2D eigenvalue weighted by Crippen LogP contribution is 2.22. The Balaban J connectivity index is 1.76. The third-order valence-corrected chi connectivity index (χ3v) is 4.12. The number of ether oxygens (including phenoxy) is 2. The van der Waals surface area contributed by atoms with Gasteiger partial charge in [-0.15, -0.1) is 0 Å². The topological polar surface area (TPSA) is 93.7 Å². The van der Waals surface area contributed by atoms with Crippen molar-refractivity contribution in [2.75, 3.05) is 25.6 Å². The maximum Gasteiger partial charge on any atom is 0.325 e. The minimum Gasteiger partial charge on any atom is -0.497 e. The highest BCUT2D eigenvalue weighted by molar-refractivity contribution is 5.96. The van der Waals surface area contributed by atoms with Gasteiger partial charge in [0, 0.05) is 17.3 Å². The summed E-state index contributed by atoms with van der Waals surface area (Å²) >= 11 is 0. The van der Waals surface area contributed by atoms with Gasteiger partial charge in [-0.05, 0) is 35.2 Å². The first kappa shape index (κ1) is 21.9. The normalized spacial score (nSPS) is 10.8. The Bertz CT molecular complexity index is 870. The summed E-state index contributed by atoms with van der Waals surface area (Å²) in [5, 5.41) is 5.08. The number of amides is 2. The van der Waals surface area contributed by atoms with Crippen LogP contribution < -0.4 is 15.4 Å². The highest BCUT2D eigenvalue weighted by Gasteiger charge is 2.15. The summed E-state index contributed by atoms with van der Waals surface area (Å²) in [5.74, 6) is -0.984. The molecule has 0 saturated heterocycles. The summed E-state index contributed by atoms with van der Waals surface area (Å²) in [5.41, 5.74) is 2.07. The molecule has 0 aromatic heterocycles. The summed E-state index contributed by atoms with van der Waals surface area (Å²) in [6, 6.07) is 14.0. The van der Waals surface area contributed by atoms with Crippen LogP contribution in [0.25, 0.3) is 0 Å². The quantitative estimate of drug-likeness (QED) is 0.700. The van der Waals surface area contributed by atoms with Gasteiger partial charge in [-0.2, -0.15) is 0 Å². The lowest BCUT2D eigenvalue weighted by Gasteiger charge is -2.19. The second-order valence-corrected chi connectivity index (χ2v) is 7.45. The van der Waals surface area contributed by atoms with Crippen LogP contribution in [0.1, 0.15) is 36.7 Å². The lowest BCUT2D eigenvalue weighted by atomic mass is 9.87. The van der Waals surface area contributed by atoms with Crippen LogP contribution in [0.5, 0.6) is 5.75 Å². The van der Waals surface area contributed by atoms with E-state index in [-0.39, 0.29) is 17.9 Å². The fourth-order valence-electron chi connectivity index (χ4n) is 2.47. The van der Waals surface area contributed by atoms with E-state index < -0.39 is 18.5 Å². The number of nitrogens with one attached hydrogen (secondary N) is 2. The molecule has 2 N–H and O–H groups in total. The largest absolute Gasteiger partial charge is 0.497 e. The Kier molecular flexibility index (Phi) is 7.36. The van der Waals surface area contributed by atoms with Crippen LogP contribution >= 0.6 is 0 Å². The molecule has 7 heteroatoms. The van der Waals surface area contributed by atoms with Crippen molar-refractivity contribution in [3.63, 3.8) is 0 Å². The molecule has 7 nitrogen and oxygen atoms in total. The van der Waals surface area contributed by atoms with Gasteiger partial charge in [0.15, 0.2) is 6.61 Å². The van der Waals surface area contributed by atoms with Crippen LogP contribution in [0.4, 0.5) is 5.69 Å². The Hall–Kier alpha value is -3.35. The monoisotopic (exact) mass is 398 g/mol. The number of hydrogen-bond donors (Lipinski definition) is 2. The maximum atomic E-state index is 12.1. The second-order valence-electron chi connectivity index (χ2n) is 7.45. The molecule has 2 rings (SSSR count). The van der Waals surface area contributed by atoms with E-state index >= 15 is 0 Å². The zero-order valence-corrected chi connectivity index (χ0v) is 17.1. The van der Waals surface area contributed by atoms with Crippen molar-refractivity contribution in [1.82, 2.24) is 5.32 Å². The van der Waals surface area contributed by atoms with Crippen molar-refractivity contribution in [3.05, 3.63) is 59.7 Å². The van der Waals surface area contributed by atoms with E-state index in [0.717, 1.165) is 5.56 Å².